The first-order valence-electron chi connectivity index (χ1n) is 7.99. The molecule has 0 spiro atoms. The third kappa shape index (κ3) is 3.34. The van der Waals surface area contributed by atoms with Crippen LogP contribution in [-0.4, -0.2) is 26.5 Å². The summed E-state index contributed by atoms with van der Waals surface area (Å²) in [6, 6.07) is 19.8. The number of nitrogens with zero attached hydrogens (tertiary/aromatic N) is 1. The second-order valence-electron chi connectivity index (χ2n) is 6.40. The van der Waals surface area contributed by atoms with Crippen molar-refractivity contribution in [2.75, 3.05) is 0 Å². The third-order valence-electron chi connectivity index (χ3n) is 4.30. The van der Waals surface area contributed by atoms with Gasteiger partial charge in [0.05, 0.1) is 5.70 Å². The van der Waals surface area contributed by atoms with Crippen LogP contribution in [0.5, 0.6) is 0 Å². The van der Waals surface area contributed by atoms with Gasteiger partial charge in [0.1, 0.15) is 5.60 Å². The highest BCUT2D eigenvalue weighted by atomic mass is 16.3. The highest BCUT2D eigenvalue weighted by Crippen LogP contribution is 2.34. The lowest BCUT2D eigenvalue weighted by atomic mass is 10.0. The van der Waals surface area contributed by atoms with Gasteiger partial charge in [-0.1, -0.05) is 60.7 Å². The fraction of sp³-hybridized carbons (Fsp3) is 0.250. The quantitative estimate of drug-likeness (QED) is 0.887. The SMILES string of the molecule is CC1(O)CC(N(Cc2ccccc2)Cc2ccccc2)=C(O)C1=O. The number of hydrogen-bond acceptors (Lipinski definition) is 4. The summed E-state index contributed by atoms with van der Waals surface area (Å²) in [6.07, 6.45) is 0.122. The van der Waals surface area contributed by atoms with Gasteiger partial charge in [-0.25, -0.2) is 0 Å². The number of carbonyl (C=O) groups excluding carboxylic acids is 1. The summed E-state index contributed by atoms with van der Waals surface area (Å²) in [4.78, 5) is 14.0. The van der Waals surface area contributed by atoms with Gasteiger partial charge in [0.2, 0.25) is 5.78 Å². The molecule has 0 amide bonds. The molecule has 0 saturated carbocycles. The van der Waals surface area contributed by atoms with Crippen molar-refractivity contribution in [1.29, 1.82) is 0 Å². The van der Waals surface area contributed by atoms with E-state index in [4.69, 9.17) is 0 Å². The Balaban J connectivity index is 1.92. The van der Waals surface area contributed by atoms with Gasteiger partial charge in [-0.2, -0.15) is 0 Å². The molecule has 4 nitrogen and oxygen atoms in total. The maximum absolute atomic E-state index is 12.1. The minimum absolute atomic E-state index is 0.122. The van der Waals surface area contributed by atoms with Gasteiger partial charge in [0, 0.05) is 19.5 Å². The average Bonchev–Trinajstić information content (AvgIpc) is 2.79. The number of rotatable bonds is 5. The van der Waals surface area contributed by atoms with Gasteiger partial charge in [0.15, 0.2) is 5.76 Å². The number of Topliss-reactive ketones (excluding diaryl/α,β-unsaturated/α-hetero) is 1. The Morgan fingerprint density at radius 2 is 1.42 bits per heavy atom. The summed E-state index contributed by atoms with van der Waals surface area (Å²) >= 11 is 0. The predicted molar refractivity (Wildman–Crippen MR) is 92.0 cm³/mol. The van der Waals surface area contributed by atoms with Crippen LogP contribution in [0.25, 0.3) is 0 Å². The van der Waals surface area contributed by atoms with Crippen molar-refractivity contribution in [2.45, 2.75) is 32.0 Å². The first-order valence-corrected chi connectivity index (χ1v) is 7.99. The van der Waals surface area contributed by atoms with Crippen molar-refractivity contribution >= 4 is 5.78 Å². The van der Waals surface area contributed by atoms with E-state index in [0.29, 0.717) is 18.8 Å². The van der Waals surface area contributed by atoms with Crippen LogP contribution in [-0.2, 0) is 17.9 Å². The molecule has 0 aliphatic heterocycles. The average molecular weight is 323 g/mol. The maximum atomic E-state index is 12.1. The van der Waals surface area contributed by atoms with Crippen LogP contribution in [0.15, 0.2) is 72.1 Å². The zero-order valence-corrected chi connectivity index (χ0v) is 13.6. The summed E-state index contributed by atoms with van der Waals surface area (Å²) in [5.41, 5.74) is 1.11. The number of aliphatic hydroxyl groups is 2. The molecule has 1 aliphatic rings. The van der Waals surface area contributed by atoms with Crippen LogP contribution in [0.2, 0.25) is 0 Å². The van der Waals surface area contributed by atoms with Crippen LogP contribution in [0.4, 0.5) is 0 Å². The van der Waals surface area contributed by atoms with Crippen LogP contribution >= 0.6 is 0 Å². The Labute approximate surface area is 141 Å². The lowest BCUT2D eigenvalue weighted by Crippen LogP contribution is -2.31. The zero-order valence-electron chi connectivity index (χ0n) is 13.6. The Hall–Kier alpha value is -2.59. The van der Waals surface area contributed by atoms with E-state index in [2.05, 4.69) is 0 Å². The predicted octanol–water partition coefficient (Wildman–Crippen LogP) is 3.18. The molecule has 24 heavy (non-hydrogen) atoms. The molecule has 3 rings (SSSR count). The Morgan fingerprint density at radius 1 is 0.958 bits per heavy atom. The monoisotopic (exact) mass is 323 g/mol. The number of aliphatic hydroxyl groups excluding tert-OH is 1. The fourth-order valence-electron chi connectivity index (χ4n) is 2.99. The normalized spacial score (nSPS) is 20.5. The van der Waals surface area contributed by atoms with Crippen LogP contribution in [0.1, 0.15) is 24.5 Å². The topological polar surface area (TPSA) is 60.8 Å². The Kier molecular flexibility index (Phi) is 4.40. The Morgan fingerprint density at radius 3 is 1.79 bits per heavy atom. The summed E-state index contributed by atoms with van der Waals surface area (Å²) in [5, 5.41) is 20.5. The molecule has 1 unspecified atom stereocenters. The lowest BCUT2D eigenvalue weighted by molar-refractivity contribution is -0.132. The first kappa shape index (κ1) is 16.3. The van der Waals surface area contributed by atoms with Gasteiger partial charge >= 0.3 is 0 Å². The largest absolute Gasteiger partial charge is 0.503 e. The van der Waals surface area contributed by atoms with E-state index in [9.17, 15) is 15.0 Å². The highest BCUT2D eigenvalue weighted by Gasteiger charge is 2.43. The second-order valence-corrected chi connectivity index (χ2v) is 6.40. The smallest absolute Gasteiger partial charge is 0.230 e. The van der Waals surface area contributed by atoms with Crippen molar-refractivity contribution in [3.63, 3.8) is 0 Å². The fourth-order valence-corrected chi connectivity index (χ4v) is 2.99. The number of benzene rings is 2. The van der Waals surface area contributed by atoms with E-state index in [1.54, 1.807) is 0 Å². The van der Waals surface area contributed by atoms with E-state index in [0.717, 1.165) is 11.1 Å². The van der Waals surface area contributed by atoms with Crippen molar-refractivity contribution in [3.05, 3.63) is 83.2 Å². The summed E-state index contributed by atoms with van der Waals surface area (Å²) in [7, 11) is 0. The van der Waals surface area contributed by atoms with Crippen molar-refractivity contribution in [1.82, 2.24) is 4.90 Å². The third-order valence-corrected chi connectivity index (χ3v) is 4.30. The molecule has 1 aliphatic carbocycles. The van der Waals surface area contributed by atoms with Crippen molar-refractivity contribution in [2.24, 2.45) is 0 Å². The number of carbonyl (C=O) groups is 1. The maximum Gasteiger partial charge on any atom is 0.230 e. The minimum atomic E-state index is -1.54. The van der Waals surface area contributed by atoms with E-state index < -0.39 is 11.4 Å². The van der Waals surface area contributed by atoms with E-state index in [1.165, 1.54) is 6.92 Å². The van der Waals surface area contributed by atoms with Gasteiger partial charge in [0.25, 0.3) is 0 Å². The van der Waals surface area contributed by atoms with Crippen LogP contribution in [0.3, 0.4) is 0 Å². The Bertz CT molecular complexity index is 709. The lowest BCUT2D eigenvalue weighted by Gasteiger charge is -2.27. The number of hydrogen-bond donors (Lipinski definition) is 2. The molecular weight excluding hydrogens is 302 g/mol. The van der Waals surface area contributed by atoms with Gasteiger partial charge in [-0.3, -0.25) is 4.79 Å². The minimum Gasteiger partial charge on any atom is -0.503 e. The second kappa shape index (κ2) is 6.49. The standard InChI is InChI=1S/C20H21NO3/c1-20(24)12-17(18(22)19(20)23)21(13-15-8-4-2-5-9-15)14-16-10-6-3-7-11-16/h2-11,22,24H,12-14H2,1H3. The molecule has 4 heteroatoms. The highest BCUT2D eigenvalue weighted by molar-refractivity contribution is 6.02. The van der Waals surface area contributed by atoms with Gasteiger partial charge < -0.3 is 15.1 Å². The summed E-state index contributed by atoms with van der Waals surface area (Å²) < 4.78 is 0. The molecule has 1 atom stereocenters. The molecular formula is C20H21NO3. The van der Waals surface area contributed by atoms with Crippen LogP contribution < -0.4 is 0 Å². The zero-order chi connectivity index (χ0) is 17.2. The van der Waals surface area contributed by atoms with Gasteiger partial charge in [-0.05, 0) is 18.1 Å². The molecule has 0 fully saturated rings. The molecule has 0 aromatic heterocycles. The van der Waals surface area contributed by atoms with Crippen molar-refractivity contribution in [3.8, 4) is 0 Å². The van der Waals surface area contributed by atoms with Crippen LogP contribution in [0, 0.1) is 0 Å². The number of ketones is 1. The van der Waals surface area contributed by atoms with Crippen molar-refractivity contribution < 1.29 is 15.0 Å². The molecule has 0 heterocycles. The molecule has 2 N–H and O–H groups in total. The molecule has 124 valence electrons. The van der Waals surface area contributed by atoms with E-state index in [1.807, 2.05) is 65.6 Å². The van der Waals surface area contributed by atoms with E-state index >= 15 is 0 Å². The first-order chi connectivity index (χ1) is 11.5. The van der Waals surface area contributed by atoms with E-state index in [-0.39, 0.29) is 12.2 Å². The van der Waals surface area contributed by atoms with Gasteiger partial charge in [-0.15, -0.1) is 0 Å². The molecule has 0 bridgehead atoms. The molecule has 0 radical (unpaired) electrons. The molecule has 2 aromatic rings. The molecule has 0 saturated heterocycles. The summed E-state index contributed by atoms with van der Waals surface area (Å²) in [5.74, 6) is -0.935. The molecule has 2 aromatic carbocycles. The summed E-state index contributed by atoms with van der Waals surface area (Å²) in [6.45, 7) is 2.55.